The van der Waals surface area contributed by atoms with Gasteiger partial charge in [0, 0.05) is 27.2 Å². The minimum Gasteiger partial charge on any atom is -0.484 e. The molecule has 0 fully saturated rings. The van der Waals surface area contributed by atoms with E-state index in [1.165, 1.54) is 17.0 Å². The van der Waals surface area contributed by atoms with Gasteiger partial charge in [-0.15, -0.1) is 24.0 Å². The summed E-state index contributed by atoms with van der Waals surface area (Å²) in [5, 5.41) is 6.42. The Morgan fingerprint density at radius 3 is 2.52 bits per heavy atom. The molecule has 2 rings (SSSR count). The number of likely N-dealkylation sites (N-methyl/N-ethyl adjacent to an activating group) is 1. The third-order valence-corrected chi connectivity index (χ3v) is 3.87. The average Bonchev–Trinajstić information content (AvgIpc) is 2.68. The quantitative estimate of drug-likeness (QED) is 0.323. The second-order valence-corrected chi connectivity index (χ2v) is 6.40. The summed E-state index contributed by atoms with van der Waals surface area (Å²) < 4.78 is 18.8. The van der Waals surface area contributed by atoms with Crippen molar-refractivity contribution >= 4 is 35.8 Å². The van der Waals surface area contributed by atoms with Crippen LogP contribution in [0.2, 0.25) is 0 Å². The molecule has 8 heteroatoms. The molecular formula is C21H28FIN4O2. The number of ether oxygens (including phenoxy) is 1. The van der Waals surface area contributed by atoms with Gasteiger partial charge in [-0.3, -0.25) is 4.79 Å². The summed E-state index contributed by atoms with van der Waals surface area (Å²) in [6.45, 7) is 3.61. The van der Waals surface area contributed by atoms with E-state index in [0.717, 1.165) is 11.1 Å². The van der Waals surface area contributed by atoms with Gasteiger partial charge in [-0.2, -0.15) is 0 Å². The van der Waals surface area contributed by atoms with E-state index in [0.29, 0.717) is 31.3 Å². The van der Waals surface area contributed by atoms with Gasteiger partial charge < -0.3 is 20.3 Å². The fourth-order valence-electron chi connectivity index (χ4n) is 2.35. The van der Waals surface area contributed by atoms with Gasteiger partial charge in [0.25, 0.3) is 5.91 Å². The van der Waals surface area contributed by atoms with Crippen LogP contribution < -0.4 is 15.4 Å². The van der Waals surface area contributed by atoms with Crippen molar-refractivity contribution in [1.29, 1.82) is 0 Å². The Labute approximate surface area is 188 Å². The summed E-state index contributed by atoms with van der Waals surface area (Å²) in [5.74, 6) is 0.912. The van der Waals surface area contributed by atoms with Gasteiger partial charge >= 0.3 is 0 Å². The zero-order chi connectivity index (χ0) is 20.4. The highest BCUT2D eigenvalue weighted by molar-refractivity contribution is 14.0. The summed E-state index contributed by atoms with van der Waals surface area (Å²) in [5.41, 5.74) is 1.80. The highest BCUT2D eigenvalue weighted by Crippen LogP contribution is 2.13. The standard InChI is InChI=1S/C21H27FN4O2.HI/c1-4-23-21(24-13-16-7-5-9-18(22)11-16)25-14-17-8-6-10-19(12-17)28-15-20(27)26(2)3;/h5-12H,4,13-15H2,1-3H3,(H2,23,24,25);1H. The molecular weight excluding hydrogens is 486 g/mol. The molecule has 0 aliphatic heterocycles. The Morgan fingerprint density at radius 1 is 1.10 bits per heavy atom. The Balaban J connectivity index is 0.00000420. The van der Waals surface area contributed by atoms with Crippen LogP contribution in [0.1, 0.15) is 18.1 Å². The van der Waals surface area contributed by atoms with Gasteiger partial charge in [-0.1, -0.05) is 24.3 Å². The number of hydrogen-bond donors (Lipinski definition) is 2. The van der Waals surface area contributed by atoms with Gasteiger partial charge in [0.15, 0.2) is 12.6 Å². The van der Waals surface area contributed by atoms with Gasteiger partial charge in [0.2, 0.25) is 0 Å². The number of benzene rings is 2. The van der Waals surface area contributed by atoms with Crippen LogP contribution in [0, 0.1) is 5.82 Å². The average molecular weight is 514 g/mol. The van der Waals surface area contributed by atoms with Crippen molar-refractivity contribution < 1.29 is 13.9 Å². The highest BCUT2D eigenvalue weighted by Gasteiger charge is 2.06. The SMILES string of the molecule is CCNC(=NCc1cccc(F)c1)NCc1cccc(OCC(=O)N(C)C)c1.I. The molecule has 2 N–H and O–H groups in total. The Bertz CT molecular complexity index is 815. The molecule has 0 spiro atoms. The molecule has 0 saturated heterocycles. The zero-order valence-corrected chi connectivity index (χ0v) is 19.3. The molecule has 2 aromatic carbocycles. The number of nitrogens with one attached hydrogen (secondary N) is 2. The van der Waals surface area contributed by atoms with Crippen LogP contribution in [0.4, 0.5) is 4.39 Å². The summed E-state index contributed by atoms with van der Waals surface area (Å²) in [6, 6.07) is 13.9. The van der Waals surface area contributed by atoms with E-state index in [1.54, 1.807) is 20.2 Å². The summed E-state index contributed by atoms with van der Waals surface area (Å²) in [7, 11) is 3.38. The molecule has 0 atom stereocenters. The fraction of sp³-hybridized carbons (Fsp3) is 0.333. The second-order valence-electron chi connectivity index (χ2n) is 6.40. The number of aliphatic imine (C=N–C) groups is 1. The fourth-order valence-corrected chi connectivity index (χ4v) is 2.35. The van der Waals surface area contributed by atoms with Crippen LogP contribution in [0.25, 0.3) is 0 Å². The lowest BCUT2D eigenvalue weighted by molar-refractivity contribution is -0.130. The summed E-state index contributed by atoms with van der Waals surface area (Å²) in [4.78, 5) is 17.6. The first-order chi connectivity index (χ1) is 13.5. The first kappa shape index (κ1) is 24.7. The van der Waals surface area contributed by atoms with Crippen molar-refractivity contribution in [2.24, 2.45) is 4.99 Å². The van der Waals surface area contributed by atoms with Crippen molar-refractivity contribution in [2.45, 2.75) is 20.0 Å². The maximum Gasteiger partial charge on any atom is 0.259 e. The number of hydrogen-bond acceptors (Lipinski definition) is 3. The molecule has 0 unspecified atom stereocenters. The van der Waals surface area contributed by atoms with E-state index in [1.807, 2.05) is 37.3 Å². The molecule has 0 bridgehead atoms. The molecule has 0 radical (unpaired) electrons. The molecule has 0 aliphatic carbocycles. The van der Waals surface area contributed by atoms with Crippen molar-refractivity contribution in [3.05, 3.63) is 65.5 Å². The molecule has 1 amide bonds. The number of amides is 1. The normalized spacial score (nSPS) is 10.7. The first-order valence-electron chi connectivity index (χ1n) is 9.16. The van der Waals surface area contributed by atoms with Crippen LogP contribution in [-0.2, 0) is 17.9 Å². The number of carbonyl (C=O) groups excluding carboxylic acids is 1. The molecule has 0 aromatic heterocycles. The maximum atomic E-state index is 13.3. The number of carbonyl (C=O) groups is 1. The molecule has 0 saturated carbocycles. The smallest absolute Gasteiger partial charge is 0.259 e. The molecule has 2 aromatic rings. The zero-order valence-electron chi connectivity index (χ0n) is 16.9. The van der Waals surface area contributed by atoms with Crippen LogP contribution >= 0.6 is 24.0 Å². The number of nitrogens with zero attached hydrogens (tertiary/aromatic N) is 2. The largest absolute Gasteiger partial charge is 0.484 e. The van der Waals surface area contributed by atoms with Crippen LogP contribution in [0.3, 0.4) is 0 Å². The minimum absolute atomic E-state index is 0. The molecule has 0 aliphatic rings. The Kier molecular flexibility index (Phi) is 11.0. The van der Waals surface area contributed by atoms with Crippen LogP contribution in [0.15, 0.2) is 53.5 Å². The number of rotatable bonds is 8. The van der Waals surface area contributed by atoms with E-state index >= 15 is 0 Å². The van der Waals surface area contributed by atoms with E-state index in [2.05, 4.69) is 15.6 Å². The van der Waals surface area contributed by atoms with E-state index in [9.17, 15) is 9.18 Å². The molecule has 158 valence electrons. The number of guanidine groups is 1. The third-order valence-electron chi connectivity index (χ3n) is 3.87. The molecule has 6 nitrogen and oxygen atoms in total. The number of halogens is 2. The summed E-state index contributed by atoms with van der Waals surface area (Å²) >= 11 is 0. The summed E-state index contributed by atoms with van der Waals surface area (Å²) in [6.07, 6.45) is 0. The van der Waals surface area contributed by atoms with Gasteiger partial charge in [0.1, 0.15) is 11.6 Å². The minimum atomic E-state index is -0.268. The van der Waals surface area contributed by atoms with Crippen molar-refractivity contribution in [1.82, 2.24) is 15.5 Å². The van der Waals surface area contributed by atoms with Gasteiger partial charge in [-0.05, 0) is 42.3 Å². The predicted octanol–water partition coefficient (Wildman–Crippen LogP) is 3.17. The first-order valence-corrected chi connectivity index (χ1v) is 9.16. The lowest BCUT2D eigenvalue weighted by Crippen LogP contribution is -2.36. The van der Waals surface area contributed by atoms with E-state index in [-0.39, 0.29) is 42.3 Å². The van der Waals surface area contributed by atoms with Crippen molar-refractivity contribution in [3.8, 4) is 5.75 Å². The van der Waals surface area contributed by atoms with Crippen molar-refractivity contribution in [2.75, 3.05) is 27.2 Å². The van der Waals surface area contributed by atoms with Gasteiger partial charge in [0.05, 0.1) is 6.54 Å². The lowest BCUT2D eigenvalue weighted by Gasteiger charge is -2.13. The highest BCUT2D eigenvalue weighted by atomic mass is 127. The van der Waals surface area contributed by atoms with Crippen molar-refractivity contribution in [3.63, 3.8) is 0 Å². The monoisotopic (exact) mass is 514 g/mol. The Hall–Kier alpha value is -2.36. The third kappa shape index (κ3) is 9.12. The van der Waals surface area contributed by atoms with E-state index in [4.69, 9.17) is 4.74 Å². The molecule has 0 heterocycles. The Morgan fingerprint density at radius 2 is 1.83 bits per heavy atom. The van der Waals surface area contributed by atoms with Crippen LogP contribution in [-0.4, -0.2) is 44.0 Å². The van der Waals surface area contributed by atoms with Gasteiger partial charge in [-0.25, -0.2) is 9.38 Å². The lowest BCUT2D eigenvalue weighted by atomic mass is 10.2. The van der Waals surface area contributed by atoms with Crippen LogP contribution in [0.5, 0.6) is 5.75 Å². The second kappa shape index (κ2) is 13.0. The predicted molar refractivity (Wildman–Crippen MR) is 124 cm³/mol. The van der Waals surface area contributed by atoms with E-state index < -0.39 is 0 Å². The molecule has 29 heavy (non-hydrogen) atoms. The maximum absolute atomic E-state index is 13.3. The topological polar surface area (TPSA) is 66.0 Å².